The lowest BCUT2D eigenvalue weighted by atomic mass is 10.0. The summed E-state index contributed by atoms with van der Waals surface area (Å²) < 4.78 is 25.9. The minimum absolute atomic E-state index is 0.0535. The van der Waals surface area contributed by atoms with Crippen LogP contribution >= 0.6 is 0 Å². The van der Waals surface area contributed by atoms with E-state index in [-0.39, 0.29) is 29.0 Å². The second-order valence-electron chi connectivity index (χ2n) is 7.48. The van der Waals surface area contributed by atoms with E-state index >= 15 is 0 Å². The fourth-order valence-corrected chi connectivity index (χ4v) is 5.18. The highest BCUT2D eigenvalue weighted by atomic mass is 32.2. The number of carbonyl (C=O) groups is 1. The van der Waals surface area contributed by atoms with Crippen LogP contribution in [-0.2, 0) is 16.4 Å². The molecule has 2 N–H and O–H groups in total. The van der Waals surface area contributed by atoms with Crippen LogP contribution in [0.1, 0.15) is 47.7 Å². The van der Waals surface area contributed by atoms with Gasteiger partial charge in [-0.1, -0.05) is 43.3 Å². The van der Waals surface area contributed by atoms with Crippen molar-refractivity contribution >= 4 is 15.9 Å². The number of sulfonamides is 1. The van der Waals surface area contributed by atoms with E-state index in [2.05, 4.69) is 5.32 Å². The monoisotopic (exact) mass is 416 g/mol. The predicted octanol–water partition coefficient (Wildman–Crippen LogP) is 2.92. The maximum absolute atomic E-state index is 12.7. The number of aromatic hydroxyl groups is 1. The van der Waals surface area contributed by atoms with Gasteiger partial charge in [0.1, 0.15) is 5.75 Å². The van der Waals surface area contributed by atoms with Crippen LogP contribution in [0.25, 0.3) is 0 Å². The number of phenols is 1. The van der Waals surface area contributed by atoms with Gasteiger partial charge in [0.2, 0.25) is 10.0 Å². The molecule has 1 fully saturated rings. The molecule has 0 radical (unpaired) electrons. The number of hydrogen-bond donors (Lipinski definition) is 2. The molecule has 0 bridgehead atoms. The Morgan fingerprint density at radius 1 is 1.10 bits per heavy atom. The van der Waals surface area contributed by atoms with Crippen molar-refractivity contribution in [1.82, 2.24) is 9.62 Å². The number of piperidine rings is 1. The second-order valence-corrected chi connectivity index (χ2v) is 9.57. The highest BCUT2D eigenvalue weighted by Gasteiger charge is 2.28. The maximum atomic E-state index is 12.7. The lowest BCUT2D eigenvalue weighted by Crippen LogP contribution is -2.47. The van der Waals surface area contributed by atoms with E-state index in [1.807, 2.05) is 43.3 Å². The summed E-state index contributed by atoms with van der Waals surface area (Å²) in [5.74, 6) is -0.221. The van der Waals surface area contributed by atoms with Gasteiger partial charge in [0.15, 0.2) is 0 Å². The Morgan fingerprint density at radius 3 is 2.45 bits per heavy atom. The first kappa shape index (κ1) is 21.3. The van der Waals surface area contributed by atoms with Crippen molar-refractivity contribution in [2.75, 3.05) is 18.8 Å². The molecular weight excluding hydrogens is 388 g/mol. The summed E-state index contributed by atoms with van der Waals surface area (Å²) in [6, 6.07) is 14.9. The molecule has 6 nitrogen and oxygen atoms in total. The van der Waals surface area contributed by atoms with Crippen molar-refractivity contribution in [2.45, 2.75) is 38.6 Å². The summed E-state index contributed by atoms with van der Waals surface area (Å²) in [5.41, 5.74) is 2.32. The maximum Gasteiger partial charge on any atom is 0.255 e. The minimum atomic E-state index is -3.20. The number of phenolic OH excluding ortho intramolecular Hbond substituents is 1. The SMILES string of the molecule is CCCS(=O)(=O)N1CCC(NC(=O)c2cc(Cc3ccccc3)ccc2O)CC1. The standard InChI is InChI=1S/C22H28N2O4S/c1-2-14-29(27,28)24-12-10-19(11-13-24)23-22(26)20-16-18(8-9-21(20)25)15-17-6-4-3-5-7-17/h3-9,16,19,25H,2,10-15H2,1H3,(H,23,26). The molecule has 1 amide bonds. The van der Waals surface area contributed by atoms with Crippen molar-refractivity contribution in [3.63, 3.8) is 0 Å². The fourth-order valence-electron chi connectivity index (χ4n) is 3.64. The molecular formula is C22H28N2O4S. The Kier molecular flexibility index (Phi) is 6.92. The fraction of sp³-hybridized carbons (Fsp3) is 0.409. The minimum Gasteiger partial charge on any atom is -0.507 e. The lowest BCUT2D eigenvalue weighted by Gasteiger charge is -2.31. The van der Waals surface area contributed by atoms with Gasteiger partial charge >= 0.3 is 0 Å². The summed E-state index contributed by atoms with van der Waals surface area (Å²) in [6.45, 7) is 2.67. The third kappa shape index (κ3) is 5.58. The second kappa shape index (κ2) is 9.41. The third-order valence-corrected chi connectivity index (χ3v) is 7.28. The van der Waals surface area contributed by atoms with Crippen LogP contribution in [0, 0.1) is 0 Å². The smallest absolute Gasteiger partial charge is 0.255 e. The average molecular weight is 417 g/mol. The number of amides is 1. The van der Waals surface area contributed by atoms with Gasteiger partial charge in [0, 0.05) is 19.1 Å². The molecule has 2 aromatic rings. The largest absolute Gasteiger partial charge is 0.507 e. The zero-order valence-electron chi connectivity index (χ0n) is 16.7. The summed E-state index contributed by atoms with van der Waals surface area (Å²) in [6.07, 6.45) is 2.41. The van der Waals surface area contributed by atoms with Crippen LogP contribution < -0.4 is 5.32 Å². The van der Waals surface area contributed by atoms with Gasteiger partial charge < -0.3 is 10.4 Å². The van der Waals surface area contributed by atoms with E-state index in [0.29, 0.717) is 38.8 Å². The Bertz CT molecular complexity index is 937. The van der Waals surface area contributed by atoms with Gasteiger partial charge in [-0.05, 0) is 48.9 Å². The first-order valence-electron chi connectivity index (χ1n) is 10.0. The van der Waals surface area contributed by atoms with Gasteiger partial charge in [-0.15, -0.1) is 0 Å². The highest BCUT2D eigenvalue weighted by Crippen LogP contribution is 2.22. The van der Waals surface area contributed by atoms with Crippen LogP contribution in [0.4, 0.5) is 0 Å². The van der Waals surface area contributed by atoms with Gasteiger partial charge in [0.25, 0.3) is 5.91 Å². The Balaban J connectivity index is 1.62. The number of hydrogen-bond acceptors (Lipinski definition) is 4. The topological polar surface area (TPSA) is 86.7 Å². The zero-order chi connectivity index (χ0) is 20.9. The van der Waals surface area contributed by atoms with Crippen LogP contribution in [0.5, 0.6) is 5.75 Å². The normalized spacial score (nSPS) is 15.9. The quantitative estimate of drug-likeness (QED) is 0.727. The highest BCUT2D eigenvalue weighted by molar-refractivity contribution is 7.89. The molecule has 1 aliphatic heterocycles. The molecule has 0 unspecified atom stereocenters. The molecule has 1 heterocycles. The van der Waals surface area contributed by atoms with Crippen molar-refractivity contribution in [3.8, 4) is 5.75 Å². The first-order chi connectivity index (χ1) is 13.9. The molecule has 0 atom stereocenters. The number of benzene rings is 2. The molecule has 0 aliphatic carbocycles. The molecule has 156 valence electrons. The van der Waals surface area contributed by atoms with E-state index in [1.54, 1.807) is 12.1 Å². The summed E-state index contributed by atoms with van der Waals surface area (Å²) in [4.78, 5) is 12.7. The number of nitrogens with one attached hydrogen (secondary N) is 1. The zero-order valence-corrected chi connectivity index (χ0v) is 17.5. The van der Waals surface area contributed by atoms with Gasteiger partial charge in [-0.3, -0.25) is 4.79 Å². The van der Waals surface area contributed by atoms with Gasteiger partial charge in [-0.2, -0.15) is 0 Å². The number of nitrogens with zero attached hydrogens (tertiary/aromatic N) is 1. The molecule has 0 saturated carbocycles. The molecule has 3 rings (SSSR count). The predicted molar refractivity (Wildman–Crippen MR) is 113 cm³/mol. The Labute approximate surface area is 172 Å². The molecule has 1 aliphatic rings. The molecule has 1 saturated heterocycles. The molecule has 0 spiro atoms. The molecule has 7 heteroatoms. The summed E-state index contributed by atoms with van der Waals surface area (Å²) in [5, 5.41) is 13.1. The van der Waals surface area contributed by atoms with Gasteiger partial charge in [0.05, 0.1) is 11.3 Å². The summed E-state index contributed by atoms with van der Waals surface area (Å²) in [7, 11) is -3.20. The Morgan fingerprint density at radius 2 is 1.79 bits per heavy atom. The first-order valence-corrected chi connectivity index (χ1v) is 11.6. The molecule has 2 aromatic carbocycles. The van der Waals surface area contributed by atoms with E-state index < -0.39 is 10.0 Å². The van der Waals surface area contributed by atoms with E-state index in [1.165, 1.54) is 4.31 Å². The van der Waals surface area contributed by atoms with E-state index in [4.69, 9.17) is 0 Å². The number of carbonyl (C=O) groups excluding carboxylic acids is 1. The average Bonchev–Trinajstić information content (AvgIpc) is 2.70. The number of rotatable bonds is 7. The van der Waals surface area contributed by atoms with Crippen LogP contribution in [0.15, 0.2) is 48.5 Å². The van der Waals surface area contributed by atoms with Gasteiger partial charge in [-0.25, -0.2) is 12.7 Å². The van der Waals surface area contributed by atoms with Crippen molar-refractivity contribution in [2.24, 2.45) is 0 Å². The van der Waals surface area contributed by atoms with Crippen molar-refractivity contribution in [3.05, 3.63) is 65.2 Å². The van der Waals surface area contributed by atoms with Crippen LogP contribution in [0.3, 0.4) is 0 Å². The molecule has 0 aromatic heterocycles. The van der Waals surface area contributed by atoms with E-state index in [0.717, 1.165) is 11.1 Å². The van der Waals surface area contributed by atoms with Crippen molar-refractivity contribution in [1.29, 1.82) is 0 Å². The van der Waals surface area contributed by atoms with Crippen molar-refractivity contribution < 1.29 is 18.3 Å². The molecule has 29 heavy (non-hydrogen) atoms. The van der Waals surface area contributed by atoms with Crippen LogP contribution in [0.2, 0.25) is 0 Å². The van der Waals surface area contributed by atoms with E-state index in [9.17, 15) is 18.3 Å². The summed E-state index contributed by atoms with van der Waals surface area (Å²) >= 11 is 0. The Hall–Kier alpha value is -2.38. The lowest BCUT2D eigenvalue weighted by molar-refractivity contribution is 0.0921. The third-order valence-electron chi connectivity index (χ3n) is 5.20. The van der Waals surface area contributed by atoms with Crippen LogP contribution in [-0.4, -0.2) is 48.6 Å².